The molecule has 1 heterocycles. The number of piperazine rings is 1. The van der Waals surface area contributed by atoms with Crippen LogP contribution in [0.4, 0.5) is 0 Å². The highest BCUT2D eigenvalue weighted by Gasteiger charge is 2.19. The van der Waals surface area contributed by atoms with Crippen molar-refractivity contribution >= 4 is 5.97 Å². The minimum absolute atomic E-state index is 0.189. The minimum Gasteiger partial charge on any atom is -0.491 e. The third-order valence-electron chi connectivity index (χ3n) is 4.88. The lowest BCUT2D eigenvalue weighted by atomic mass is 10.2. The van der Waals surface area contributed by atoms with Gasteiger partial charge >= 0.3 is 5.97 Å². The third-order valence-corrected chi connectivity index (χ3v) is 4.88. The molecule has 1 fully saturated rings. The Morgan fingerprint density at radius 3 is 2.46 bits per heavy atom. The van der Waals surface area contributed by atoms with Crippen LogP contribution in [0.15, 0.2) is 54.6 Å². The van der Waals surface area contributed by atoms with Gasteiger partial charge in [0.1, 0.15) is 18.5 Å². The number of esters is 1. The Morgan fingerprint density at radius 1 is 1.04 bits per heavy atom. The van der Waals surface area contributed by atoms with Gasteiger partial charge in [-0.05, 0) is 23.8 Å². The Labute approximate surface area is 166 Å². The number of carbonyl (C=O) groups is 1. The van der Waals surface area contributed by atoms with Gasteiger partial charge in [-0.25, -0.2) is 4.79 Å². The van der Waals surface area contributed by atoms with Crippen molar-refractivity contribution in [2.75, 3.05) is 46.4 Å². The lowest BCUT2D eigenvalue weighted by Crippen LogP contribution is -2.48. The maximum Gasteiger partial charge on any atom is 0.337 e. The molecule has 6 nitrogen and oxygen atoms in total. The summed E-state index contributed by atoms with van der Waals surface area (Å²) >= 11 is 0. The zero-order valence-corrected chi connectivity index (χ0v) is 16.3. The molecule has 150 valence electrons. The Bertz CT molecular complexity index is 745. The second-order valence-electron chi connectivity index (χ2n) is 7.05. The molecule has 1 unspecified atom stereocenters. The van der Waals surface area contributed by atoms with Gasteiger partial charge in [-0.15, -0.1) is 0 Å². The largest absolute Gasteiger partial charge is 0.491 e. The summed E-state index contributed by atoms with van der Waals surface area (Å²) in [5.74, 6) is 0.147. The number of aliphatic hydroxyl groups is 1. The van der Waals surface area contributed by atoms with Gasteiger partial charge in [0.05, 0.1) is 12.7 Å². The molecule has 1 atom stereocenters. The number of hydrogen-bond acceptors (Lipinski definition) is 6. The first-order valence-corrected chi connectivity index (χ1v) is 9.62. The molecule has 0 amide bonds. The van der Waals surface area contributed by atoms with E-state index in [0.29, 0.717) is 17.9 Å². The van der Waals surface area contributed by atoms with Gasteiger partial charge in [-0.2, -0.15) is 0 Å². The van der Waals surface area contributed by atoms with Gasteiger partial charge in [-0.1, -0.05) is 36.4 Å². The SMILES string of the molecule is COC(=O)c1cccc(OCC(O)CN2CCN(Cc3ccccc3)CC2)c1. The van der Waals surface area contributed by atoms with Crippen molar-refractivity contribution in [3.8, 4) is 5.75 Å². The highest BCUT2D eigenvalue weighted by Crippen LogP contribution is 2.15. The molecule has 3 rings (SSSR count). The molecule has 0 aliphatic carbocycles. The number of hydrogen-bond donors (Lipinski definition) is 1. The second kappa shape index (κ2) is 10.2. The summed E-state index contributed by atoms with van der Waals surface area (Å²) in [6, 6.07) is 17.3. The lowest BCUT2D eigenvalue weighted by Gasteiger charge is -2.35. The van der Waals surface area contributed by atoms with E-state index in [1.807, 2.05) is 6.07 Å². The number of ether oxygens (including phenoxy) is 2. The number of carbonyl (C=O) groups excluding carboxylic acids is 1. The molecule has 28 heavy (non-hydrogen) atoms. The first kappa shape index (κ1) is 20.3. The molecule has 1 N–H and O–H groups in total. The quantitative estimate of drug-likeness (QED) is 0.703. The fraction of sp³-hybridized carbons (Fsp3) is 0.409. The van der Waals surface area contributed by atoms with Crippen LogP contribution < -0.4 is 4.74 Å². The van der Waals surface area contributed by atoms with Crippen molar-refractivity contribution in [2.45, 2.75) is 12.6 Å². The van der Waals surface area contributed by atoms with E-state index in [0.717, 1.165) is 32.7 Å². The Morgan fingerprint density at radius 2 is 1.75 bits per heavy atom. The molecule has 0 aromatic heterocycles. The van der Waals surface area contributed by atoms with Crippen LogP contribution in [0.25, 0.3) is 0 Å². The van der Waals surface area contributed by atoms with Gasteiger partial charge in [0.15, 0.2) is 0 Å². The Hall–Kier alpha value is -2.41. The number of β-amino-alcohol motifs (C(OH)–C–C–N with tert-alkyl or cyclic N) is 1. The maximum absolute atomic E-state index is 11.6. The summed E-state index contributed by atoms with van der Waals surface area (Å²) in [5, 5.41) is 10.3. The lowest BCUT2D eigenvalue weighted by molar-refractivity contribution is 0.0445. The summed E-state index contributed by atoms with van der Waals surface area (Å²) < 4.78 is 10.4. The van der Waals surface area contributed by atoms with Crippen molar-refractivity contribution in [3.05, 3.63) is 65.7 Å². The molecule has 0 spiro atoms. The smallest absolute Gasteiger partial charge is 0.337 e. The van der Waals surface area contributed by atoms with Crippen molar-refractivity contribution in [2.24, 2.45) is 0 Å². The average Bonchev–Trinajstić information content (AvgIpc) is 2.74. The number of rotatable bonds is 8. The van der Waals surface area contributed by atoms with E-state index >= 15 is 0 Å². The molecule has 1 aliphatic rings. The molecule has 2 aromatic carbocycles. The van der Waals surface area contributed by atoms with Crippen LogP contribution in [0.2, 0.25) is 0 Å². The van der Waals surface area contributed by atoms with E-state index < -0.39 is 12.1 Å². The molecule has 2 aromatic rings. The van der Waals surface area contributed by atoms with E-state index in [9.17, 15) is 9.90 Å². The van der Waals surface area contributed by atoms with E-state index in [1.165, 1.54) is 12.7 Å². The van der Waals surface area contributed by atoms with Gasteiger partial charge in [0.25, 0.3) is 0 Å². The zero-order chi connectivity index (χ0) is 19.8. The Balaban J connectivity index is 1.39. The monoisotopic (exact) mass is 384 g/mol. The molecular weight excluding hydrogens is 356 g/mol. The van der Waals surface area contributed by atoms with Crippen molar-refractivity contribution in [1.29, 1.82) is 0 Å². The summed E-state index contributed by atoms with van der Waals surface area (Å²) in [7, 11) is 1.35. The highest BCUT2D eigenvalue weighted by atomic mass is 16.5. The maximum atomic E-state index is 11.6. The highest BCUT2D eigenvalue weighted by molar-refractivity contribution is 5.89. The van der Waals surface area contributed by atoms with Gasteiger partial charge in [0.2, 0.25) is 0 Å². The van der Waals surface area contributed by atoms with Gasteiger partial charge in [0, 0.05) is 39.3 Å². The van der Waals surface area contributed by atoms with Crippen LogP contribution in [-0.2, 0) is 11.3 Å². The fourth-order valence-corrected chi connectivity index (χ4v) is 3.35. The predicted octanol–water partition coefficient (Wildman–Crippen LogP) is 2.03. The second-order valence-corrected chi connectivity index (χ2v) is 7.05. The first-order valence-electron chi connectivity index (χ1n) is 9.62. The summed E-state index contributed by atoms with van der Waals surface area (Å²) in [4.78, 5) is 16.3. The third kappa shape index (κ3) is 6.05. The summed E-state index contributed by atoms with van der Waals surface area (Å²) in [6.07, 6.45) is -0.581. The van der Waals surface area contributed by atoms with Crippen LogP contribution in [0, 0.1) is 0 Å². The molecule has 0 saturated carbocycles. The molecule has 1 saturated heterocycles. The summed E-state index contributed by atoms with van der Waals surface area (Å²) in [5.41, 5.74) is 1.77. The average molecular weight is 384 g/mol. The van der Waals surface area contributed by atoms with Crippen LogP contribution in [0.3, 0.4) is 0 Å². The first-order chi connectivity index (χ1) is 13.6. The number of nitrogens with zero attached hydrogens (tertiary/aromatic N) is 2. The predicted molar refractivity (Wildman–Crippen MR) is 107 cm³/mol. The fourth-order valence-electron chi connectivity index (χ4n) is 3.35. The van der Waals surface area contributed by atoms with E-state index in [-0.39, 0.29) is 6.61 Å². The van der Waals surface area contributed by atoms with Crippen LogP contribution in [-0.4, -0.2) is 73.4 Å². The molecular formula is C22H28N2O4. The number of aliphatic hydroxyl groups excluding tert-OH is 1. The van der Waals surface area contributed by atoms with Crippen LogP contribution >= 0.6 is 0 Å². The van der Waals surface area contributed by atoms with Crippen molar-refractivity contribution in [3.63, 3.8) is 0 Å². The van der Waals surface area contributed by atoms with E-state index in [4.69, 9.17) is 9.47 Å². The van der Waals surface area contributed by atoms with Gasteiger partial charge in [-0.3, -0.25) is 9.80 Å². The topological polar surface area (TPSA) is 62.2 Å². The van der Waals surface area contributed by atoms with Gasteiger partial charge < -0.3 is 14.6 Å². The Kier molecular flexibility index (Phi) is 7.42. The van der Waals surface area contributed by atoms with Crippen molar-refractivity contribution < 1.29 is 19.4 Å². The summed E-state index contributed by atoms with van der Waals surface area (Å²) in [6.45, 7) is 5.58. The van der Waals surface area contributed by atoms with Crippen LogP contribution in [0.1, 0.15) is 15.9 Å². The van der Waals surface area contributed by atoms with Crippen molar-refractivity contribution in [1.82, 2.24) is 9.80 Å². The number of benzene rings is 2. The molecule has 0 radical (unpaired) electrons. The van der Waals surface area contributed by atoms with Crippen LogP contribution in [0.5, 0.6) is 5.75 Å². The normalized spacial score (nSPS) is 16.5. The molecule has 0 bridgehead atoms. The molecule has 1 aliphatic heterocycles. The molecule has 6 heteroatoms. The standard InChI is InChI=1S/C22H28N2O4/c1-27-22(26)19-8-5-9-21(14-19)28-17-20(25)16-24-12-10-23(11-13-24)15-18-6-3-2-4-7-18/h2-9,14,20,25H,10-13,15-17H2,1H3. The van der Waals surface area contributed by atoms with E-state index in [2.05, 4.69) is 34.1 Å². The minimum atomic E-state index is -0.581. The number of methoxy groups -OCH3 is 1. The zero-order valence-electron chi connectivity index (χ0n) is 16.3. The van der Waals surface area contributed by atoms with E-state index in [1.54, 1.807) is 24.3 Å².